The van der Waals surface area contributed by atoms with Crippen LogP contribution >= 0.6 is 0 Å². The van der Waals surface area contributed by atoms with Gasteiger partial charge in [-0.2, -0.15) is 0 Å². The zero-order valence-corrected chi connectivity index (χ0v) is 16.2. The van der Waals surface area contributed by atoms with Crippen LogP contribution in [0.4, 0.5) is 10.1 Å². The second-order valence-corrected chi connectivity index (χ2v) is 7.76. The van der Waals surface area contributed by atoms with Crippen LogP contribution in [-0.2, 0) is 0 Å². The van der Waals surface area contributed by atoms with Crippen molar-refractivity contribution in [3.05, 3.63) is 77.6 Å². The van der Waals surface area contributed by atoms with E-state index in [0.29, 0.717) is 17.8 Å². The standard InChI is InChI=1S/C24H30FN/c1-5-23(19(4)24-11-8-21(25)16-18(24)3)20-12-14-26(15-13-20)22-9-6-17(2)7-10-22/h5-11,16,19-20,23H,1,12-15H2,2-4H3. The van der Waals surface area contributed by atoms with Gasteiger partial charge in [0.05, 0.1) is 0 Å². The molecule has 0 spiro atoms. The fourth-order valence-corrected chi connectivity index (χ4v) is 4.46. The Morgan fingerprint density at radius 3 is 2.31 bits per heavy atom. The highest BCUT2D eigenvalue weighted by Gasteiger charge is 2.29. The van der Waals surface area contributed by atoms with E-state index in [2.05, 4.69) is 55.7 Å². The number of aryl methyl sites for hydroxylation is 2. The van der Waals surface area contributed by atoms with Gasteiger partial charge in [-0.15, -0.1) is 6.58 Å². The van der Waals surface area contributed by atoms with Crippen LogP contribution in [0.1, 0.15) is 42.4 Å². The van der Waals surface area contributed by atoms with Crippen LogP contribution < -0.4 is 4.90 Å². The van der Waals surface area contributed by atoms with E-state index >= 15 is 0 Å². The first-order chi connectivity index (χ1) is 12.5. The Morgan fingerprint density at radius 2 is 1.73 bits per heavy atom. The van der Waals surface area contributed by atoms with Crippen molar-refractivity contribution in [2.24, 2.45) is 11.8 Å². The van der Waals surface area contributed by atoms with E-state index in [4.69, 9.17) is 0 Å². The van der Waals surface area contributed by atoms with Crippen molar-refractivity contribution in [3.8, 4) is 0 Å². The Labute approximate surface area is 157 Å². The average molecular weight is 352 g/mol. The third-order valence-corrected chi connectivity index (χ3v) is 6.05. The molecule has 0 amide bonds. The maximum absolute atomic E-state index is 13.5. The molecular formula is C24H30FN. The molecule has 1 heterocycles. The molecule has 2 heteroatoms. The molecule has 138 valence electrons. The molecule has 1 nitrogen and oxygen atoms in total. The summed E-state index contributed by atoms with van der Waals surface area (Å²) in [6, 6.07) is 14.0. The summed E-state index contributed by atoms with van der Waals surface area (Å²) in [5, 5.41) is 0. The first-order valence-corrected chi connectivity index (χ1v) is 9.70. The molecule has 3 rings (SSSR count). The Bertz CT molecular complexity index is 741. The lowest BCUT2D eigenvalue weighted by Crippen LogP contribution is -2.36. The van der Waals surface area contributed by atoms with E-state index < -0.39 is 0 Å². The molecule has 0 saturated carbocycles. The minimum atomic E-state index is -0.153. The van der Waals surface area contributed by atoms with Gasteiger partial charge in [-0.3, -0.25) is 0 Å². The van der Waals surface area contributed by atoms with Crippen LogP contribution in [-0.4, -0.2) is 13.1 Å². The van der Waals surface area contributed by atoms with Crippen LogP contribution in [0.5, 0.6) is 0 Å². The van der Waals surface area contributed by atoms with Gasteiger partial charge in [-0.1, -0.05) is 36.8 Å². The van der Waals surface area contributed by atoms with E-state index in [1.165, 1.54) is 29.7 Å². The number of hydrogen-bond donors (Lipinski definition) is 0. The highest BCUT2D eigenvalue weighted by atomic mass is 19.1. The smallest absolute Gasteiger partial charge is 0.123 e. The van der Waals surface area contributed by atoms with Crippen LogP contribution in [0.3, 0.4) is 0 Å². The lowest BCUT2D eigenvalue weighted by Gasteiger charge is -2.38. The molecule has 1 aliphatic heterocycles. The summed E-state index contributed by atoms with van der Waals surface area (Å²) in [5.74, 6) is 1.28. The molecule has 1 fully saturated rings. The van der Waals surface area contributed by atoms with Crippen LogP contribution in [0, 0.1) is 31.5 Å². The number of hydrogen-bond acceptors (Lipinski definition) is 1. The first kappa shape index (κ1) is 18.7. The van der Waals surface area contributed by atoms with E-state index in [0.717, 1.165) is 18.7 Å². The summed E-state index contributed by atoms with van der Waals surface area (Å²) in [6.07, 6.45) is 4.48. The average Bonchev–Trinajstić information content (AvgIpc) is 2.63. The zero-order valence-electron chi connectivity index (χ0n) is 16.2. The second-order valence-electron chi connectivity index (χ2n) is 7.76. The molecule has 2 unspecified atom stereocenters. The highest BCUT2D eigenvalue weighted by molar-refractivity contribution is 5.47. The Morgan fingerprint density at radius 1 is 1.08 bits per heavy atom. The number of nitrogens with zero attached hydrogens (tertiary/aromatic N) is 1. The minimum absolute atomic E-state index is 0.153. The summed E-state index contributed by atoms with van der Waals surface area (Å²) in [7, 11) is 0. The molecular weight excluding hydrogens is 321 g/mol. The van der Waals surface area contributed by atoms with E-state index in [-0.39, 0.29) is 5.82 Å². The largest absolute Gasteiger partial charge is 0.372 e. The zero-order chi connectivity index (χ0) is 18.7. The monoisotopic (exact) mass is 351 g/mol. The normalized spacial score (nSPS) is 17.8. The van der Waals surface area contributed by atoms with Crippen molar-refractivity contribution < 1.29 is 4.39 Å². The number of piperidine rings is 1. The summed E-state index contributed by atoms with van der Waals surface area (Å²) in [6.45, 7) is 12.7. The van der Waals surface area contributed by atoms with Crippen molar-refractivity contribution in [2.45, 2.75) is 39.5 Å². The third-order valence-electron chi connectivity index (χ3n) is 6.05. The molecule has 2 aromatic rings. The predicted octanol–water partition coefficient (Wildman–Crippen LogP) is 6.26. The van der Waals surface area contributed by atoms with Gasteiger partial charge in [0.15, 0.2) is 0 Å². The Hall–Kier alpha value is -2.09. The van der Waals surface area contributed by atoms with Gasteiger partial charge in [-0.05, 0) is 79.8 Å². The van der Waals surface area contributed by atoms with Gasteiger partial charge in [0.2, 0.25) is 0 Å². The lowest BCUT2D eigenvalue weighted by atomic mass is 9.74. The first-order valence-electron chi connectivity index (χ1n) is 9.70. The van der Waals surface area contributed by atoms with Gasteiger partial charge in [0, 0.05) is 18.8 Å². The summed E-state index contributed by atoms with van der Waals surface area (Å²) >= 11 is 0. The second kappa shape index (κ2) is 8.07. The fraction of sp³-hybridized carbons (Fsp3) is 0.417. The third kappa shape index (κ3) is 4.00. The van der Waals surface area contributed by atoms with Crippen LogP contribution in [0.15, 0.2) is 55.1 Å². The van der Waals surface area contributed by atoms with Gasteiger partial charge < -0.3 is 4.90 Å². The van der Waals surface area contributed by atoms with Gasteiger partial charge in [0.25, 0.3) is 0 Å². The van der Waals surface area contributed by atoms with E-state index in [9.17, 15) is 4.39 Å². The molecule has 0 aromatic heterocycles. The molecule has 0 aliphatic carbocycles. The quantitative estimate of drug-likeness (QED) is 0.574. The summed E-state index contributed by atoms with van der Waals surface area (Å²) in [5.41, 5.74) is 4.92. The number of allylic oxidation sites excluding steroid dienone is 1. The number of halogens is 1. The SMILES string of the molecule is C=CC(C1CCN(c2ccc(C)cc2)CC1)C(C)c1ccc(F)cc1C. The molecule has 0 N–H and O–H groups in total. The Balaban J connectivity index is 1.68. The molecule has 1 aliphatic rings. The van der Waals surface area contributed by atoms with Crippen molar-refractivity contribution in [2.75, 3.05) is 18.0 Å². The molecule has 1 saturated heterocycles. The van der Waals surface area contributed by atoms with Gasteiger partial charge in [-0.25, -0.2) is 4.39 Å². The van der Waals surface area contributed by atoms with E-state index in [1.54, 1.807) is 12.1 Å². The summed E-state index contributed by atoms with van der Waals surface area (Å²) in [4.78, 5) is 2.49. The highest BCUT2D eigenvalue weighted by Crippen LogP contribution is 2.38. The lowest BCUT2D eigenvalue weighted by molar-refractivity contribution is 0.289. The minimum Gasteiger partial charge on any atom is -0.372 e. The topological polar surface area (TPSA) is 3.24 Å². The molecule has 0 radical (unpaired) electrons. The predicted molar refractivity (Wildman–Crippen MR) is 109 cm³/mol. The van der Waals surface area contributed by atoms with Crippen molar-refractivity contribution in [3.63, 3.8) is 0 Å². The molecule has 2 aromatic carbocycles. The number of rotatable bonds is 5. The van der Waals surface area contributed by atoms with E-state index in [1.807, 2.05) is 13.0 Å². The number of benzene rings is 2. The molecule has 26 heavy (non-hydrogen) atoms. The van der Waals surface area contributed by atoms with Crippen molar-refractivity contribution in [1.29, 1.82) is 0 Å². The van der Waals surface area contributed by atoms with Crippen molar-refractivity contribution in [1.82, 2.24) is 0 Å². The maximum Gasteiger partial charge on any atom is 0.123 e. The van der Waals surface area contributed by atoms with Crippen LogP contribution in [0.2, 0.25) is 0 Å². The van der Waals surface area contributed by atoms with Gasteiger partial charge >= 0.3 is 0 Å². The number of anilines is 1. The molecule has 0 bridgehead atoms. The summed E-state index contributed by atoms with van der Waals surface area (Å²) < 4.78 is 13.5. The fourth-order valence-electron chi connectivity index (χ4n) is 4.46. The van der Waals surface area contributed by atoms with Gasteiger partial charge in [0.1, 0.15) is 5.82 Å². The maximum atomic E-state index is 13.5. The Kier molecular flexibility index (Phi) is 5.80. The molecule has 2 atom stereocenters. The van der Waals surface area contributed by atoms with Crippen molar-refractivity contribution >= 4 is 5.69 Å². The van der Waals surface area contributed by atoms with Crippen LogP contribution in [0.25, 0.3) is 0 Å².